The Morgan fingerprint density at radius 2 is 2.00 bits per heavy atom. The van der Waals surface area contributed by atoms with Crippen LogP contribution >= 0.6 is 0 Å². The zero-order valence-corrected chi connectivity index (χ0v) is 9.42. The normalized spacial score (nSPS) is 21.4. The number of aryl methyl sites for hydroxylation is 2. The molecule has 2 aliphatic carbocycles. The summed E-state index contributed by atoms with van der Waals surface area (Å²) >= 11 is 0. The molecule has 1 unspecified atom stereocenters. The van der Waals surface area contributed by atoms with Gasteiger partial charge in [-0.25, -0.2) is 0 Å². The Morgan fingerprint density at radius 3 is 2.73 bits per heavy atom. The lowest BCUT2D eigenvalue weighted by Crippen LogP contribution is -2.18. The van der Waals surface area contributed by atoms with Gasteiger partial charge in [0.15, 0.2) is 0 Å². The first kappa shape index (κ1) is 9.41. The second kappa shape index (κ2) is 3.64. The van der Waals surface area contributed by atoms with Gasteiger partial charge in [0.1, 0.15) is 0 Å². The topological polar surface area (TPSA) is 12.0 Å². The zero-order chi connectivity index (χ0) is 10.3. The van der Waals surface area contributed by atoms with Gasteiger partial charge in [-0.3, -0.25) is 0 Å². The number of rotatable bonds is 3. The minimum Gasteiger partial charge on any atom is -0.313 e. The highest BCUT2D eigenvalue weighted by Gasteiger charge is 2.31. The van der Waals surface area contributed by atoms with Gasteiger partial charge in [0.25, 0.3) is 0 Å². The maximum absolute atomic E-state index is 3.47. The number of nitrogens with one attached hydrogen (secondary N) is 1. The molecular weight excluding hydrogens is 182 g/mol. The summed E-state index contributed by atoms with van der Waals surface area (Å²) in [4.78, 5) is 0. The molecule has 80 valence electrons. The van der Waals surface area contributed by atoms with Crippen LogP contribution in [0.5, 0.6) is 0 Å². The van der Waals surface area contributed by atoms with E-state index in [4.69, 9.17) is 0 Å². The van der Waals surface area contributed by atoms with E-state index in [0.717, 1.165) is 5.92 Å². The van der Waals surface area contributed by atoms with Crippen LogP contribution in [0, 0.1) is 5.92 Å². The molecule has 1 atom stereocenters. The minimum absolute atomic E-state index is 0.607. The molecule has 1 aromatic rings. The second-order valence-electron chi connectivity index (χ2n) is 4.99. The molecule has 0 bridgehead atoms. The lowest BCUT2D eigenvalue weighted by molar-refractivity contribution is 0.528. The molecule has 2 aliphatic rings. The molecule has 1 aromatic carbocycles. The van der Waals surface area contributed by atoms with Crippen molar-refractivity contribution in [2.45, 2.75) is 38.1 Å². The molecule has 1 saturated carbocycles. The van der Waals surface area contributed by atoms with E-state index in [1.165, 1.54) is 37.7 Å². The van der Waals surface area contributed by atoms with Crippen LogP contribution in [0.2, 0.25) is 0 Å². The Hall–Kier alpha value is -0.820. The predicted octanol–water partition coefficient (Wildman–Crippen LogP) is 2.85. The van der Waals surface area contributed by atoms with E-state index in [0.29, 0.717) is 6.04 Å². The van der Waals surface area contributed by atoms with Gasteiger partial charge in [0, 0.05) is 6.04 Å². The Balaban J connectivity index is 1.90. The average molecular weight is 201 g/mol. The lowest BCUT2D eigenvalue weighted by atomic mass is 9.98. The number of hydrogen-bond acceptors (Lipinski definition) is 1. The molecule has 1 fully saturated rings. The van der Waals surface area contributed by atoms with E-state index in [1.54, 1.807) is 11.1 Å². The molecule has 0 saturated heterocycles. The van der Waals surface area contributed by atoms with Gasteiger partial charge in [0.05, 0.1) is 0 Å². The third-order valence-corrected chi connectivity index (χ3v) is 3.89. The van der Waals surface area contributed by atoms with Gasteiger partial charge < -0.3 is 5.32 Å². The lowest BCUT2D eigenvalue weighted by Gasteiger charge is -2.16. The average Bonchev–Trinajstić information content (AvgIpc) is 2.97. The molecule has 1 heteroatoms. The third kappa shape index (κ3) is 1.69. The van der Waals surface area contributed by atoms with Crippen molar-refractivity contribution in [2.24, 2.45) is 5.92 Å². The zero-order valence-electron chi connectivity index (χ0n) is 9.42. The third-order valence-electron chi connectivity index (χ3n) is 3.89. The Bertz CT molecular complexity index is 366. The van der Waals surface area contributed by atoms with Gasteiger partial charge >= 0.3 is 0 Å². The summed E-state index contributed by atoms with van der Waals surface area (Å²) in [6.07, 6.45) is 6.76. The van der Waals surface area contributed by atoms with Gasteiger partial charge in [0.2, 0.25) is 0 Å². The van der Waals surface area contributed by atoms with Crippen LogP contribution in [0.4, 0.5) is 0 Å². The quantitative estimate of drug-likeness (QED) is 0.793. The molecule has 3 rings (SSSR count). The molecule has 0 aromatic heterocycles. The van der Waals surface area contributed by atoms with Crippen molar-refractivity contribution in [1.82, 2.24) is 5.32 Å². The first-order valence-electron chi connectivity index (χ1n) is 6.17. The van der Waals surface area contributed by atoms with Crippen LogP contribution in [0.3, 0.4) is 0 Å². The Labute approximate surface area is 91.9 Å². The summed E-state index contributed by atoms with van der Waals surface area (Å²) in [6.45, 7) is 0. The molecular formula is C14H19N. The molecule has 0 radical (unpaired) electrons. The molecule has 1 nitrogen and oxygen atoms in total. The molecule has 0 amide bonds. The summed E-state index contributed by atoms with van der Waals surface area (Å²) in [5.41, 5.74) is 4.71. The van der Waals surface area contributed by atoms with Crippen molar-refractivity contribution in [3.63, 3.8) is 0 Å². The van der Waals surface area contributed by atoms with Crippen LogP contribution in [-0.2, 0) is 12.8 Å². The van der Waals surface area contributed by atoms with Crippen LogP contribution < -0.4 is 5.32 Å². The minimum atomic E-state index is 0.607. The van der Waals surface area contributed by atoms with E-state index in [1.807, 2.05) is 0 Å². The number of benzene rings is 1. The SMILES string of the molecule is CNC(c1ccc2c(c1)CCC2)C1CC1. The van der Waals surface area contributed by atoms with Crippen molar-refractivity contribution in [1.29, 1.82) is 0 Å². The highest BCUT2D eigenvalue weighted by molar-refractivity contribution is 5.37. The monoisotopic (exact) mass is 201 g/mol. The van der Waals surface area contributed by atoms with Crippen LogP contribution in [-0.4, -0.2) is 7.05 Å². The molecule has 0 aliphatic heterocycles. The van der Waals surface area contributed by atoms with E-state index in [2.05, 4.69) is 30.6 Å². The van der Waals surface area contributed by atoms with E-state index < -0.39 is 0 Å². The smallest absolute Gasteiger partial charge is 0.0346 e. The summed E-state index contributed by atoms with van der Waals surface area (Å²) < 4.78 is 0. The largest absolute Gasteiger partial charge is 0.313 e. The van der Waals surface area contributed by atoms with Crippen molar-refractivity contribution >= 4 is 0 Å². The van der Waals surface area contributed by atoms with Gasteiger partial charge in [-0.1, -0.05) is 18.2 Å². The summed E-state index contributed by atoms with van der Waals surface area (Å²) in [5.74, 6) is 0.898. The highest BCUT2D eigenvalue weighted by atomic mass is 14.9. The summed E-state index contributed by atoms with van der Waals surface area (Å²) in [7, 11) is 2.09. The number of hydrogen-bond donors (Lipinski definition) is 1. The first-order chi connectivity index (χ1) is 7.38. The second-order valence-corrected chi connectivity index (χ2v) is 4.99. The molecule has 1 N–H and O–H groups in total. The maximum Gasteiger partial charge on any atom is 0.0346 e. The van der Waals surface area contributed by atoms with Crippen LogP contribution in [0.15, 0.2) is 18.2 Å². The van der Waals surface area contributed by atoms with Crippen molar-refractivity contribution in [2.75, 3.05) is 7.05 Å². The van der Waals surface area contributed by atoms with Crippen LogP contribution in [0.1, 0.15) is 42.0 Å². The Kier molecular flexibility index (Phi) is 2.28. The fourth-order valence-electron chi connectivity index (χ4n) is 2.89. The predicted molar refractivity (Wildman–Crippen MR) is 63.0 cm³/mol. The first-order valence-corrected chi connectivity index (χ1v) is 6.17. The highest BCUT2D eigenvalue weighted by Crippen LogP contribution is 2.41. The van der Waals surface area contributed by atoms with Gasteiger partial charge in [-0.2, -0.15) is 0 Å². The fourth-order valence-corrected chi connectivity index (χ4v) is 2.89. The van der Waals surface area contributed by atoms with Crippen molar-refractivity contribution < 1.29 is 0 Å². The van der Waals surface area contributed by atoms with Crippen LogP contribution in [0.25, 0.3) is 0 Å². The summed E-state index contributed by atoms with van der Waals surface area (Å²) in [6, 6.07) is 7.74. The van der Waals surface area contributed by atoms with E-state index >= 15 is 0 Å². The number of fused-ring (bicyclic) bond motifs is 1. The maximum atomic E-state index is 3.47. The van der Waals surface area contributed by atoms with Gasteiger partial charge in [-0.15, -0.1) is 0 Å². The Morgan fingerprint density at radius 1 is 1.20 bits per heavy atom. The molecule has 0 heterocycles. The summed E-state index contributed by atoms with van der Waals surface area (Å²) in [5, 5.41) is 3.47. The molecule has 15 heavy (non-hydrogen) atoms. The van der Waals surface area contributed by atoms with Crippen molar-refractivity contribution in [3.05, 3.63) is 34.9 Å². The molecule has 0 spiro atoms. The van der Waals surface area contributed by atoms with Crippen molar-refractivity contribution in [3.8, 4) is 0 Å². The fraction of sp³-hybridized carbons (Fsp3) is 0.571. The van der Waals surface area contributed by atoms with Gasteiger partial charge in [-0.05, 0) is 61.8 Å². The van der Waals surface area contributed by atoms with E-state index in [9.17, 15) is 0 Å². The standard InChI is InChI=1S/C14H19N/c1-15-14(11-6-7-11)13-8-5-10-3-2-4-12(10)9-13/h5,8-9,11,14-15H,2-4,6-7H2,1H3. The van der Waals surface area contributed by atoms with E-state index in [-0.39, 0.29) is 0 Å².